The topological polar surface area (TPSA) is 58.6 Å². The van der Waals surface area contributed by atoms with Gasteiger partial charge in [0.1, 0.15) is 5.75 Å². The second kappa shape index (κ2) is 5.19. The Morgan fingerprint density at radius 3 is 2.94 bits per heavy atom. The molecule has 17 heavy (non-hydrogen) atoms. The van der Waals surface area contributed by atoms with Crippen LogP contribution in [0.15, 0.2) is 24.3 Å². The Morgan fingerprint density at radius 2 is 2.24 bits per heavy atom. The van der Waals surface area contributed by atoms with Crippen LogP contribution < -0.4 is 5.32 Å². The highest BCUT2D eigenvalue weighted by Gasteiger charge is 2.24. The summed E-state index contributed by atoms with van der Waals surface area (Å²) in [6, 6.07) is 6.69. The molecule has 2 atom stereocenters. The average Bonchev–Trinajstić information content (AvgIpc) is 2.32. The van der Waals surface area contributed by atoms with E-state index >= 15 is 0 Å². The summed E-state index contributed by atoms with van der Waals surface area (Å²) in [7, 11) is 0. The van der Waals surface area contributed by atoms with Crippen LogP contribution in [-0.4, -0.2) is 30.3 Å². The van der Waals surface area contributed by atoms with E-state index in [4.69, 9.17) is 4.74 Å². The third-order valence-corrected chi connectivity index (χ3v) is 3.11. The molecule has 1 amide bonds. The molecule has 2 N–H and O–H groups in total. The standard InChI is InChI=1S/C13H17NO3/c1-9-8-17-7-6-11(9)14-13(16)10-4-2-3-5-12(10)15/h2-5,9,11,15H,6-8H2,1H3,(H,14,16). The van der Waals surface area contributed by atoms with Gasteiger partial charge >= 0.3 is 0 Å². The number of aromatic hydroxyl groups is 1. The van der Waals surface area contributed by atoms with E-state index in [1.165, 1.54) is 6.07 Å². The predicted octanol–water partition coefficient (Wildman–Crippen LogP) is 1.55. The van der Waals surface area contributed by atoms with E-state index in [0.717, 1.165) is 6.42 Å². The van der Waals surface area contributed by atoms with E-state index in [2.05, 4.69) is 12.2 Å². The minimum atomic E-state index is -0.221. The highest BCUT2D eigenvalue weighted by Crippen LogP contribution is 2.18. The molecule has 1 fully saturated rings. The summed E-state index contributed by atoms with van der Waals surface area (Å²) in [6.45, 7) is 3.40. The maximum Gasteiger partial charge on any atom is 0.255 e. The number of para-hydroxylation sites is 1. The van der Waals surface area contributed by atoms with Gasteiger partial charge in [-0.1, -0.05) is 19.1 Å². The number of phenolic OH excluding ortho intramolecular Hbond substituents is 1. The lowest BCUT2D eigenvalue weighted by Gasteiger charge is -2.29. The van der Waals surface area contributed by atoms with Crippen LogP contribution in [0.5, 0.6) is 5.75 Å². The van der Waals surface area contributed by atoms with E-state index < -0.39 is 0 Å². The third kappa shape index (κ3) is 2.77. The van der Waals surface area contributed by atoms with E-state index in [-0.39, 0.29) is 17.7 Å². The highest BCUT2D eigenvalue weighted by molar-refractivity contribution is 5.96. The molecule has 1 saturated heterocycles. The molecule has 1 aliphatic rings. The van der Waals surface area contributed by atoms with Crippen LogP contribution >= 0.6 is 0 Å². The number of ether oxygens (including phenoxy) is 1. The lowest BCUT2D eigenvalue weighted by atomic mass is 9.97. The largest absolute Gasteiger partial charge is 0.507 e. The van der Waals surface area contributed by atoms with Crippen LogP contribution in [0.25, 0.3) is 0 Å². The quantitative estimate of drug-likeness (QED) is 0.817. The second-order valence-electron chi connectivity index (χ2n) is 4.44. The number of phenols is 1. The van der Waals surface area contributed by atoms with Crippen molar-refractivity contribution in [1.29, 1.82) is 0 Å². The third-order valence-electron chi connectivity index (χ3n) is 3.11. The normalized spacial score (nSPS) is 24.3. The number of nitrogens with one attached hydrogen (secondary N) is 1. The van der Waals surface area contributed by atoms with Crippen LogP contribution in [-0.2, 0) is 4.74 Å². The molecule has 1 aromatic rings. The molecule has 1 heterocycles. The molecule has 1 aliphatic heterocycles. The van der Waals surface area contributed by atoms with E-state index in [1.807, 2.05) is 0 Å². The summed E-state index contributed by atoms with van der Waals surface area (Å²) in [6.07, 6.45) is 0.820. The molecule has 2 unspecified atom stereocenters. The van der Waals surface area contributed by atoms with Crippen LogP contribution in [0.2, 0.25) is 0 Å². The first kappa shape index (κ1) is 11.9. The lowest BCUT2D eigenvalue weighted by Crippen LogP contribution is -2.44. The number of carbonyl (C=O) groups excluding carboxylic acids is 1. The van der Waals surface area contributed by atoms with Gasteiger partial charge < -0.3 is 15.2 Å². The van der Waals surface area contributed by atoms with E-state index in [1.54, 1.807) is 18.2 Å². The number of benzene rings is 1. The fraction of sp³-hybridized carbons (Fsp3) is 0.462. The van der Waals surface area contributed by atoms with Crippen molar-refractivity contribution < 1.29 is 14.6 Å². The number of hydrogen-bond donors (Lipinski definition) is 2. The number of rotatable bonds is 2. The first-order valence-corrected chi connectivity index (χ1v) is 5.85. The molecule has 0 aliphatic carbocycles. The van der Waals surface area contributed by atoms with Crippen molar-refractivity contribution >= 4 is 5.91 Å². The van der Waals surface area contributed by atoms with Crippen LogP contribution in [0.4, 0.5) is 0 Å². The molecule has 0 spiro atoms. The van der Waals surface area contributed by atoms with Crippen molar-refractivity contribution in [3.8, 4) is 5.75 Å². The van der Waals surface area contributed by atoms with Crippen molar-refractivity contribution in [3.63, 3.8) is 0 Å². The van der Waals surface area contributed by atoms with Gasteiger partial charge in [-0.3, -0.25) is 4.79 Å². The molecule has 0 aromatic heterocycles. The first-order valence-electron chi connectivity index (χ1n) is 5.85. The zero-order valence-corrected chi connectivity index (χ0v) is 9.85. The van der Waals surface area contributed by atoms with E-state index in [9.17, 15) is 9.90 Å². The smallest absolute Gasteiger partial charge is 0.255 e. The first-order chi connectivity index (χ1) is 8.18. The molecular weight excluding hydrogens is 218 g/mol. The zero-order chi connectivity index (χ0) is 12.3. The molecule has 2 rings (SSSR count). The van der Waals surface area contributed by atoms with Gasteiger partial charge in [0.05, 0.1) is 12.2 Å². The summed E-state index contributed by atoms with van der Waals surface area (Å²) < 4.78 is 5.32. The van der Waals surface area contributed by atoms with Gasteiger partial charge in [0, 0.05) is 12.6 Å². The van der Waals surface area contributed by atoms with Gasteiger partial charge in [-0.05, 0) is 24.5 Å². The fourth-order valence-electron chi connectivity index (χ4n) is 2.01. The molecule has 4 nitrogen and oxygen atoms in total. The monoisotopic (exact) mass is 235 g/mol. The summed E-state index contributed by atoms with van der Waals surface area (Å²) in [5.74, 6) is 0.102. The van der Waals surface area contributed by atoms with Crippen LogP contribution in [0, 0.1) is 5.92 Å². The van der Waals surface area contributed by atoms with Crippen molar-refractivity contribution in [2.24, 2.45) is 5.92 Å². The minimum absolute atomic E-state index is 0.0183. The van der Waals surface area contributed by atoms with Gasteiger partial charge in [-0.2, -0.15) is 0 Å². The Balaban J connectivity index is 2.04. The summed E-state index contributed by atoms with van der Waals surface area (Å²) in [5.41, 5.74) is 0.325. The maximum absolute atomic E-state index is 12.0. The molecule has 92 valence electrons. The highest BCUT2D eigenvalue weighted by atomic mass is 16.5. The number of carbonyl (C=O) groups is 1. The van der Waals surface area contributed by atoms with Gasteiger partial charge in [0.15, 0.2) is 0 Å². The molecule has 0 radical (unpaired) electrons. The SMILES string of the molecule is CC1COCCC1NC(=O)c1ccccc1O. The maximum atomic E-state index is 12.0. The Hall–Kier alpha value is -1.55. The van der Waals surface area contributed by atoms with Gasteiger partial charge in [0.25, 0.3) is 5.91 Å². The van der Waals surface area contributed by atoms with Crippen molar-refractivity contribution in [2.75, 3.05) is 13.2 Å². The lowest BCUT2D eigenvalue weighted by molar-refractivity contribution is 0.0374. The summed E-state index contributed by atoms with van der Waals surface area (Å²) >= 11 is 0. The molecular formula is C13H17NO3. The van der Waals surface area contributed by atoms with Gasteiger partial charge in [-0.15, -0.1) is 0 Å². The number of hydrogen-bond acceptors (Lipinski definition) is 3. The second-order valence-corrected chi connectivity index (χ2v) is 4.44. The van der Waals surface area contributed by atoms with E-state index in [0.29, 0.717) is 24.7 Å². The van der Waals surface area contributed by atoms with Crippen molar-refractivity contribution in [1.82, 2.24) is 5.32 Å². The predicted molar refractivity (Wildman–Crippen MR) is 64.0 cm³/mol. The Labute approximate surface area is 101 Å². The Morgan fingerprint density at radius 1 is 1.47 bits per heavy atom. The number of amides is 1. The van der Waals surface area contributed by atoms with Gasteiger partial charge in [-0.25, -0.2) is 0 Å². The fourth-order valence-corrected chi connectivity index (χ4v) is 2.01. The Kier molecular flexibility index (Phi) is 3.64. The van der Waals surface area contributed by atoms with Crippen LogP contribution in [0.3, 0.4) is 0 Å². The molecule has 4 heteroatoms. The minimum Gasteiger partial charge on any atom is -0.507 e. The summed E-state index contributed by atoms with van der Waals surface area (Å²) in [5, 5.41) is 12.5. The zero-order valence-electron chi connectivity index (χ0n) is 9.85. The average molecular weight is 235 g/mol. The summed E-state index contributed by atoms with van der Waals surface area (Å²) in [4.78, 5) is 12.0. The van der Waals surface area contributed by atoms with Gasteiger partial charge in [0.2, 0.25) is 0 Å². The molecule has 1 aromatic carbocycles. The van der Waals surface area contributed by atoms with Crippen molar-refractivity contribution in [3.05, 3.63) is 29.8 Å². The molecule has 0 bridgehead atoms. The van der Waals surface area contributed by atoms with Crippen LogP contribution in [0.1, 0.15) is 23.7 Å². The molecule has 0 saturated carbocycles. The Bertz CT molecular complexity index is 405. The van der Waals surface area contributed by atoms with Crippen molar-refractivity contribution in [2.45, 2.75) is 19.4 Å².